The molecule has 1 aromatic carbocycles. The van der Waals surface area contributed by atoms with E-state index in [-0.39, 0.29) is 12.0 Å². The van der Waals surface area contributed by atoms with Crippen molar-refractivity contribution in [2.24, 2.45) is 0 Å². The van der Waals surface area contributed by atoms with Crippen LogP contribution in [-0.4, -0.2) is 72.7 Å². The van der Waals surface area contributed by atoms with Crippen molar-refractivity contribution in [2.75, 3.05) is 46.4 Å². The average molecular weight is 356 g/mol. The summed E-state index contributed by atoms with van der Waals surface area (Å²) in [6.45, 7) is 4.23. The Hall–Kier alpha value is -2.80. The van der Waals surface area contributed by atoms with Crippen molar-refractivity contribution in [3.63, 3.8) is 0 Å². The summed E-state index contributed by atoms with van der Waals surface area (Å²) in [5.41, 5.74) is 1.67. The van der Waals surface area contributed by atoms with E-state index in [0.29, 0.717) is 25.2 Å². The van der Waals surface area contributed by atoms with Crippen LogP contribution in [0.2, 0.25) is 0 Å². The van der Waals surface area contributed by atoms with Gasteiger partial charge in [-0.05, 0) is 36.4 Å². The molecule has 0 unspecified atom stereocenters. The van der Waals surface area contributed by atoms with Gasteiger partial charge in [0.2, 0.25) is 0 Å². The van der Waals surface area contributed by atoms with Crippen molar-refractivity contribution in [3.8, 4) is 5.69 Å². The molecule has 2 aromatic rings. The van der Waals surface area contributed by atoms with E-state index in [4.69, 9.17) is 4.74 Å². The van der Waals surface area contributed by atoms with E-state index >= 15 is 0 Å². The summed E-state index contributed by atoms with van der Waals surface area (Å²) in [5.74, 6) is -0.0720. The third-order valence-electron chi connectivity index (χ3n) is 4.55. The lowest BCUT2D eigenvalue weighted by atomic mass is 10.2. The summed E-state index contributed by atoms with van der Waals surface area (Å²) in [7, 11) is 1.40. The first-order valence-electron chi connectivity index (χ1n) is 8.74. The maximum atomic E-state index is 12.3. The fourth-order valence-corrected chi connectivity index (χ4v) is 3.00. The Bertz CT molecular complexity index is 720. The van der Waals surface area contributed by atoms with Crippen LogP contribution in [-0.2, 0) is 4.74 Å². The van der Waals surface area contributed by atoms with Crippen molar-refractivity contribution in [1.82, 2.24) is 19.7 Å². The standard InChI is InChI=1S/C19H24N4O3/c1-26-19(25)23-14-12-21(13-15-23)11-8-20-18(24)16-4-6-17(7-5-16)22-9-2-3-10-22/h2-7,9-10H,8,11-15H2,1H3,(H,20,24). The zero-order chi connectivity index (χ0) is 18.4. The van der Waals surface area contributed by atoms with Gasteiger partial charge >= 0.3 is 6.09 Å². The first-order chi connectivity index (χ1) is 12.7. The van der Waals surface area contributed by atoms with E-state index in [1.54, 1.807) is 4.90 Å². The van der Waals surface area contributed by atoms with E-state index in [1.165, 1.54) is 7.11 Å². The molecule has 0 spiro atoms. The number of hydrogen-bond donors (Lipinski definition) is 1. The molecule has 0 saturated carbocycles. The quantitative estimate of drug-likeness (QED) is 0.884. The molecule has 138 valence electrons. The van der Waals surface area contributed by atoms with Crippen molar-refractivity contribution in [3.05, 3.63) is 54.4 Å². The second-order valence-electron chi connectivity index (χ2n) is 6.19. The Morgan fingerprint density at radius 1 is 1.04 bits per heavy atom. The monoisotopic (exact) mass is 356 g/mol. The number of methoxy groups -OCH3 is 1. The Labute approximate surface area is 153 Å². The molecule has 2 heterocycles. The van der Waals surface area contributed by atoms with E-state index in [1.807, 2.05) is 53.4 Å². The van der Waals surface area contributed by atoms with E-state index in [2.05, 4.69) is 10.2 Å². The average Bonchev–Trinajstić information content (AvgIpc) is 3.23. The zero-order valence-corrected chi connectivity index (χ0v) is 14.9. The number of nitrogens with one attached hydrogen (secondary N) is 1. The highest BCUT2D eigenvalue weighted by Crippen LogP contribution is 2.10. The number of nitrogens with zero attached hydrogens (tertiary/aromatic N) is 3. The molecule has 0 bridgehead atoms. The summed E-state index contributed by atoms with van der Waals surface area (Å²) in [6, 6.07) is 11.5. The van der Waals surface area contributed by atoms with Gasteiger partial charge in [-0.25, -0.2) is 4.79 Å². The minimum Gasteiger partial charge on any atom is -0.453 e. The van der Waals surface area contributed by atoms with Crippen molar-refractivity contribution < 1.29 is 14.3 Å². The third kappa shape index (κ3) is 4.43. The molecule has 1 fully saturated rings. The predicted molar refractivity (Wildman–Crippen MR) is 98.5 cm³/mol. The number of carbonyl (C=O) groups excluding carboxylic acids is 2. The smallest absolute Gasteiger partial charge is 0.409 e. The highest BCUT2D eigenvalue weighted by molar-refractivity contribution is 5.94. The van der Waals surface area contributed by atoms with Gasteiger partial charge in [0.15, 0.2) is 0 Å². The highest BCUT2D eigenvalue weighted by Gasteiger charge is 2.21. The van der Waals surface area contributed by atoms with Gasteiger partial charge < -0.3 is 19.5 Å². The van der Waals surface area contributed by atoms with E-state index in [9.17, 15) is 9.59 Å². The first kappa shape index (κ1) is 18.0. The molecule has 1 aliphatic heterocycles. The van der Waals surface area contributed by atoms with E-state index in [0.717, 1.165) is 25.3 Å². The number of rotatable bonds is 5. The molecule has 1 aromatic heterocycles. The lowest BCUT2D eigenvalue weighted by Crippen LogP contribution is -2.50. The highest BCUT2D eigenvalue weighted by atomic mass is 16.5. The number of ether oxygens (including phenoxy) is 1. The number of amides is 2. The van der Waals surface area contributed by atoms with E-state index < -0.39 is 0 Å². The van der Waals surface area contributed by atoms with Gasteiger partial charge in [0, 0.05) is 62.9 Å². The third-order valence-corrected chi connectivity index (χ3v) is 4.55. The normalized spacial score (nSPS) is 14.9. The number of aromatic nitrogens is 1. The fourth-order valence-electron chi connectivity index (χ4n) is 3.00. The summed E-state index contributed by atoms with van der Waals surface area (Å²) in [4.78, 5) is 27.6. The molecule has 1 aliphatic rings. The predicted octanol–water partition coefficient (Wildman–Crippen LogP) is 1.59. The largest absolute Gasteiger partial charge is 0.453 e. The van der Waals surface area contributed by atoms with Crippen LogP contribution in [0.3, 0.4) is 0 Å². The molecule has 1 N–H and O–H groups in total. The van der Waals surface area contributed by atoms with Crippen LogP contribution in [0.4, 0.5) is 4.79 Å². The first-order valence-corrected chi connectivity index (χ1v) is 8.74. The van der Waals surface area contributed by atoms with Gasteiger partial charge in [0.1, 0.15) is 0 Å². The molecule has 3 rings (SSSR count). The van der Waals surface area contributed by atoms with Gasteiger partial charge in [-0.1, -0.05) is 0 Å². The maximum Gasteiger partial charge on any atom is 0.409 e. The van der Waals surface area contributed by atoms with Crippen molar-refractivity contribution >= 4 is 12.0 Å². The fraction of sp³-hybridized carbons (Fsp3) is 0.368. The summed E-state index contributed by atoms with van der Waals surface area (Å²) in [6.07, 6.45) is 3.66. The summed E-state index contributed by atoms with van der Waals surface area (Å²) >= 11 is 0. The molecule has 1 saturated heterocycles. The molecule has 0 radical (unpaired) electrons. The van der Waals surface area contributed by atoms with Crippen LogP contribution < -0.4 is 5.32 Å². The minimum absolute atomic E-state index is 0.0720. The molecule has 0 atom stereocenters. The SMILES string of the molecule is COC(=O)N1CCN(CCNC(=O)c2ccc(-n3cccc3)cc2)CC1. The number of hydrogen-bond acceptors (Lipinski definition) is 4. The molecule has 2 amide bonds. The van der Waals surface area contributed by atoms with Crippen LogP contribution in [0.25, 0.3) is 5.69 Å². The van der Waals surface area contributed by atoms with Crippen LogP contribution in [0.15, 0.2) is 48.8 Å². The molecule has 0 aliphatic carbocycles. The van der Waals surface area contributed by atoms with Gasteiger partial charge in [0.05, 0.1) is 7.11 Å². The zero-order valence-electron chi connectivity index (χ0n) is 14.9. The van der Waals surface area contributed by atoms with Crippen molar-refractivity contribution in [2.45, 2.75) is 0 Å². The van der Waals surface area contributed by atoms with Crippen LogP contribution in [0, 0.1) is 0 Å². The molecule has 7 nitrogen and oxygen atoms in total. The summed E-state index contributed by atoms with van der Waals surface area (Å²) in [5, 5.41) is 2.95. The Morgan fingerprint density at radius 2 is 1.69 bits per heavy atom. The van der Waals surface area contributed by atoms with Gasteiger partial charge in [-0.15, -0.1) is 0 Å². The van der Waals surface area contributed by atoms with Gasteiger partial charge in [0.25, 0.3) is 5.91 Å². The number of carbonyl (C=O) groups is 2. The summed E-state index contributed by atoms with van der Waals surface area (Å²) < 4.78 is 6.72. The van der Waals surface area contributed by atoms with Crippen LogP contribution >= 0.6 is 0 Å². The van der Waals surface area contributed by atoms with Gasteiger partial charge in [-0.3, -0.25) is 9.69 Å². The Morgan fingerprint density at radius 3 is 2.31 bits per heavy atom. The lowest BCUT2D eigenvalue weighted by molar-refractivity contribution is 0.0885. The lowest BCUT2D eigenvalue weighted by Gasteiger charge is -2.33. The second-order valence-corrected chi connectivity index (χ2v) is 6.19. The van der Waals surface area contributed by atoms with Crippen LogP contribution in [0.1, 0.15) is 10.4 Å². The topological polar surface area (TPSA) is 66.8 Å². The molecular weight excluding hydrogens is 332 g/mol. The maximum absolute atomic E-state index is 12.3. The van der Waals surface area contributed by atoms with Gasteiger partial charge in [-0.2, -0.15) is 0 Å². The number of benzene rings is 1. The molecule has 7 heteroatoms. The minimum atomic E-state index is -0.277. The molecular formula is C19H24N4O3. The number of piperazine rings is 1. The second kappa shape index (κ2) is 8.53. The molecule has 26 heavy (non-hydrogen) atoms. The van der Waals surface area contributed by atoms with Crippen LogP contribution in [0.5, 0.6) is 0 Å². The Balaban J connectivity index is 1.41. The van der Waals surface area contributed by atoms with Crippen molar-refractivity contribution in [1.29, 1.82) is 0 Å². The Kier molecular flexibility index (Phi) is 5.91.